The van der Waals surface area contributed by atoms with Gasteiger partial charge in [0.2, 0.25) is 0 Å². The molecule has 2 aromatic rings. The Balaban J connectivity index is 2.04. The first kappa shape index (κ1) is 13.3. The van der Waals surface area contributed by atoms with E-state index in [0.717, 1.165) is 24.1 Å². The number of aromatic nitrogens is 2. The van der Waals surface area contributed by atoms with E-state index in [1.54, 1.807) is 6.92 Å². The summed E-state index contributed by atoms with van der Waals surface area (Å²) in [6.07, 6.45) is 2.54. The monoisotopic (exact) mass is 271 g/mol. The summed E-state index contributed by atoms with van der Waals surface area (Å²) in [4.78, 5) is 16.8. The third-order valence-electron chi connectivity index (χ3n) is 4.05. The molecule has 0 bridgehead atoms. The summed E-state index contributed by atoms with van der Waals surface area (Å²) in [5, 5.41) is 3.52. The number of hydrogen-bond donors (Lipinski definition) is 1. The van der Waals surface area contributed by atoms with Crippen molar-refractivity contribution in [2.24, 2.45) is 5.92 Å². The highest BCUT2D eigenvalue weighted by Gasteiger charge is 2.31. The van der Waals surface area contributed by atoms with Crippen molar-refractivity contribution >= 4 is 11.0 Å². The number of benzene rings is 1. The Morgan fingerprint density at radius 2 is 2.15 bits per heavy atom. The number of nitrogens with zero attached hydrogens (tertiary/aromatic N) is 2. The van der Waals surface area contributed by atoms with Crippen molar-refractivity contribution in [2.75, 3.05) is 6.54 Å². The van der Waals surface area contributed by atoms with Crippen molar-refractivity contribution in [3.05, 3.63) is 40.3 Å². The van der Waals surface area contributed by atoms with Gasteiger partial charge in [0.1, 0.15) is 5.69 Å². The van der Waals surface area contributed by atoms with E-state index in [-0.39, 0.29) is 5.56 Å². The summed E-state index contributed by atoms with van der Waals surface area (Å²) < 4.78 is 1.89. The average Bonchev–Trinajstić information content (AvgIpc) is 3.27. The number of aryl methyl sites for hydroxylation is 1. The lowest BCUT2D eigenvalue weighted by Crippen LogP contribution is -2.39. The average molecular weight is 271 g/mol. The molecule has 0 amide bonds. The quantitative estimate of drug-likeness (QED) is 0.906. The molecule has 20 heavy (non-hydrogen) atoms. The smallest absolute Gasteiger partial charge is 0.272 e. The molecule has 0 aliphatic heterocycles. The SMILES string of the molecule is CCNC(Cn1c(=O)c(C)nc2ccccc21)C1CC1. The molecular formula is C16H21N3O. The van der Waals surface area contributed by atoms with E-state index >= 15 is 0 Å². The highest BCUT2D eigenvalue weighted by molar-refractivity contribution is 5.74. The molecule has 0 spiro atoms. The van der Waals surface area contributed by atoms with Crippen molar-refractivity contribution in [1.82, 2.24) is 14.9 Å². The maximum absolute atomic E-state index is 12.4. The van der Waals surface area contributed by atoms with Crippen LogP contribution in [0.2, 0.25) is 0 Å². The third kappa shape index (κ3) is 2.48. The minimum absolute atomic E-state index is 0.0345. The van der Waals surface area contributed by atoms with E-state index in [1.807, 2.05) is 28.8 Å². The summed E-state index contributed by atoms with van der Waals surface area (Å²) in [6.45, 7) is 5.60. The molecule has 1 fully saturated rings. The second-order valence-electron chi connectivity index (χ2n) is 5.60. The standard InChI is InChI=1S/C16H21N3O/c1-3-17-14(12-8-9-12)10-19-15-7-5-4-6-13(15)18-11(2)16(19)20/h4-7,12,14,17H,3,8-10H2,1-2H3. The second-order valence-corrected chi connectivity index (χ2v) is 5.60. The van der Waals surface area contributed by atoms with Crippen LogP contribution in [0, 0.1) is 12.8 Å². The molecule has 1 atom stereocenters. The lowest BCUT2D eigenvalue weighted by Gasteiger charge is -2.20. The maximum Gasteiger partial charge on any atom is 0.272 e. The number of nitrogens with one attached hydrogen (secondary N) is 1. The van der Waals surface area contributed by atoms with Crippen LogP contribution in [0.25, 0.3) is 11.0 Å². The molecule has 1 N–H and O–H groups in total. The molecule has 1 aromatic carbocycles. The number of rotatable bonds is 5. The topological polar surface area (TPSA) is 46.9 Å². The molecule has 1 heterocycles. The van der Waals surface area contributed by atoms with Crippen molar-refractivity contribution < 1.29 is 0 Å². The van der Waals surface area contributed by atoms with Crippen LogP contribution in [0.1, 0.15) is 25.5 Å². The largest absolute Gasteiger partial charge is 0.312 e. The third-order valence-corrected chi connectivity index (χ3v) is 4.05. The fourth-order valence-corrected chi connectivity index (χ4v) is 2.84. The van der Waals surface area contributed by atoms with Crippen molar-refractivity contribution in [2.45, 2.75) is 39.3 Å². The predicted octanol–water partition coefficient (Wildman–Crippen LogP) is 2.09. The van der Waals surface area contributed by atoms with Crippen LogP contribution < -0.4 is 10.9 Å². The first-order chi connectivity index (χ1) is 9.70. The number of fused-ring (bicyclic) bond motifs is 1. The van der Waals surface area contributed by atoms with Gasteiger partial charge in [0.05, 0.1) is 11.0 Å². The molecule has 0 saturated heterocycles. The van der Waals surface area contributed by atoms with Gasteiger partial charge in [-0.1, -0.05) is 19.1 Å². The second kappa shape index (κ2) is 5.37. The predicted molar refractivity (Wildman–Crippen MR) is 80.9 cm³/mol. The van der Waals surface area contributed by atoms with Gasteiger partial charge in [0, 0.05) is 12.6 Å². The fraction of sp³-hybridized carbons (Fsp3) is 0.500. The lowest BCUT2D eigenvalue weighted by atomic mass is 10.1. The molecule has 1 unspecified atom stereocenters. The van der Waals surface area contributed by atoms with Gasteiger partial charge >= 0.3 is 0 Å². The van der Waals surface area contributed by atoms with Crippen LogP contribution in [-0.2, 0) is 6.54 Å². The normalized spacial score (nSPS) is 16.5. The van der Waals surface area contributed by atoms with Crippen LogP contribution in [-0.4, -0.2) is 22.1 Å². The first-order valence-electron chi connectivity index (χ1n) is 7.40. The summed E-state index contributed by atoms with van der Waals surface area (Å²) >= 11 is 0. The van der Waals surface area contributed by atoms with Gasteiger partial charge in [0.25, 0.3) is 5.56 Å². The minimum atomic E-state index is 0.0345. The zero-order valence-electron chi connectivity index (χ0n) is 12.1. The summed E-state index contributed by atoms with van der Waals surface area (Å²) in [5.74, 6) is 0.717. The van der Waals surface area contributed by atoms with Gasteiger partial charge in [-0.05, 0) is 44.4 Å². The highest BCUT2D eigenvalue weighted by Crippen LogP contribution is 2.33. The highest BCUT2D eigenvalue weighted by atomic mass is 16.1. The Labute approximate surface area is 118 Å². The van der Waals surface area contributed by atoms with Gasteiger partial charge in [-0.2, -0.15) is 0 Å². The number of hydrogen-bond acceptors (Lipinski definition) is 3. The van der Waals surface area contributed by atoms with Gasteiger partial charge in [0.15, 0.2) is 0 Å². The number of likely N-dealkylation sites (N-methyl/N-ethyl adjacent to an activating group) is 1. The molecule has 1 aliphatic carbocycles. The van der Waals surface area contributed by atoms with Crippen LogP contribution in [0.4, 0.5) is 0 Å². The summed E-state index contributed by atoms with van der Waals surface area (Å²) in [5.41, 5.74) is 2.45. The van der Waals surface area contributed by atoms with Gasteiger partial charge in [-0.25, -0.2) is 4.98 Å². The Morgan fingerprint density at radius 3 is 2.85 bits per heavy atom. The fourth-order valence-electron chi connectivity index (χ4n) is 2.84. The Kier molecular flexibility index (Phi) is 3.57. The van der Waals surface area contributed by atoms with E-state index in [9.17, 15) is 4.79 Å². The molecule has 4 heteroatoms. The van der Waals surface area contributed by atoms with Crippen LogP contribution >= 0.6 is 0 Å². The van der Waals surface area contributed by atoms with E-state index < -0.39 is 0 Å². The van der Waals surface area contributed by atoms with Gasteiger partial charge < -0.3 is 9.88 Å². The first-order valence-corrected chi connectivity index (χ1v) is 7.40. The Hall–Kier alpha value is -1.68. The molecule has 1 saturated carbocycles. The molecule has 1 aromatic heterocycles. The molecule has 1 aliphatic rings. The van der Waals surface area contributed by atoms with Gasteiger partial charge in [-0.3, -0.25) is 4.79 Å². The summed E-state index contributed by atoms with van der Waals surface area (Å²) in [6, 6.07) is 8.28. The van der Waals surface area contributed by atoms with Gasteiger partial charge in [-0.15, -0.1) is 0 Å². The van der Waals surface area contributed by atoms with Crippen molar-refractivity contribution in [1.29, 1.82) is 0 Å². The zero-order valence-corrected chi connectivity index (χ0v) is 12.1. The minimum Gasteiger partial charge on any atom is -0.312 e. The Morgan fingerprint density at radius 1 is 1.40 bits per heavy atom. The molecule has 3 rings (SSSR count). The van der Waals surface area contributed by atoms with Crippen molar-refractivity contribution in [3.8, 4) is 0 Å². The van der Waals surface area contributed by atoms with Crippen molar-refractivity contribution in [3.63, 3.8) is 0 Å². The maximum atomic E-state index is 12.4. The van der Waals surface area contributed by atoms with E-state index in [2.05, 4.69) is 17.2 Å². The zero-order chi connectivity index (χ0) is 14.1. The number of para-hydroxylation sites is 2. The van der Waals surface area contributed by atoms with Crippen LogP contribution in [0.3, 0.4) is 0 Å². The molecule has 4 nitrogen and oxygen atoms in total. The lowest BCUT2D eigenvalue weighted by molar-refractivity contribution is 0.415. The molecule has 106 valence electrons. The van der Waals surface area contributed by atoms with E-state index in [0.29, 0.717) is 17.7 Å². The Bertz CT molecular complexity index is 673. The van der Waals surface area contributed by atoms with Crippen LogP contribution in [0.15, 0.2) is 29.1 Å². The molecule has 0 radical (unpaired) electrons. The summed E-state index contributed by atoms with van der Waals surface area (Å²) in [7, 11) is 0. The van der Waals surface area contributed by atoms with E-state index in [4.69, 9.17) is 0 Å². The van der Waals surface area contributed by atoms with E-state index in [1.165, 1.54) is 12.8 Å². The van der Waals surface area contributed by atoms with Crippen LogP contribution in [0.5, 0.6) is 0 Å². The molecular weight excluding hydrogens is 250 g/mol.